The molecule has 2 amide bonds. The Hall–Kier alpha value is -1.82. The Morgan fingerprint density at radius 3 is 2.96 bits per heavy atom. The van der Waals surface area contributed by atoms with Gasteiger partial charge in [-0.05, 0) is 18.8 Å². The van der Waals surface area contributed by atoms with Crippen LogP contribution < -0.4 is 10.7 Å². The van der Waals surface area contributed by atoms with Crippen LogP contribution in [0.5, 0.6) is 5.75 Å². The number of nitrogens with one attached hydrogen (secondary N) is 1. The first kappa shape index (κ1) is 16.1. The fraction of sp³-hybridized carbons (Fsp3) is 0.500. The zero-order chi connectivity index (χ0) is 16.7. The average molecular weight is 335 g/mol. The van der Waals surface area contributed by atoms with Crippen LogP contribution in [-0.2, 0) is 11.3 Å². The molecule has 0 aromatic carbocycles. The van der Waals surface area contributed by atoms with Crippen LogP contribution in [0.2, 0.25) is 0 Å². The molecule has 2 N–H and O–H groups in total. The molecule has 8 nitrogen and oxygen atoms in total. The van der Waals surface area contributed by atoms with Gasteiger partial charge in [0.2, 0.25) is 21.7 Å². The summed E-state index contributed by atoms with van der Waals surface area (Å²) in [7, 11) is 0. The zero-order valence-electron chi connectivity index (χ0n) is 13.0. The highest BCUT2D eigenvalue weighted by Gasteiger charge is 2.40. The zero-order valence-corrected chi connectivity index (χ0v) is 15.0. The van der Waals surface area contributed by atoms with Crippen molar-refractivity contribution in [3.63, 3.8) is 0 Å². The van der Waals surface area contributed by atoms with Crippen molar-refractivity contribution in [2.24, 2.45) is 0 Å². The van der Waals surface area contributed by atoms with Crippen LogP contribution in [0, 0.1) is 0 Å². The monoisotopic (exact) mass is 335 g/mol. The Balaban J connectivity index is 2.11. The van der Waals surface area contributed by atoms with Crippen LogP contribution in [0.1, 0.15) is 34.2 Å². The Morgan fingerprint density at radius 1 is 1.52 bits per heavy atom. The molecule has 2 atom stereocenters. The van der Waals surface area contributed by atoms with Gasteiger partial charge in [0, 0.05) is 12.2 Å². The van der Waals surface area contributed by atoms with Crippen molar-refractivity contribution in [2.45, 2.75) is 32.2 Å². The number of rotatable bonds is 2. The highest BCUT2D eigenvalue weighted by atomic mass is 27.0. The van der Waals surface area contributed by atoms with Crippen LogP contribution in [0.15, 0.2) is 11.0 Å². The van der Waals surface area contributed by atoms with Gasteiger partial charge in [0.15, 0.2) is 17.7 Å². The first-order chi connectivity index (χ1) is 11.0. The summed E-state index contributed by atoms with van der Waals surface area (Å²) in [5.41, 5.74) is -1.06. The van der Waals surface area contributed by atoms with Gasteiger partial charge in [-0.2, -0.15) is 0 Å². The third-order valence-corrected chi connectivity index (χ3v) is 4.61. The molecule has 1 aromatic rings. The van der Waals surface area contributed by atoms with E-state index >= 15 is 0 Å². The fourth-order valence-corrected chi connectivity index (χ4v) is 3.40. The highest BCUT2D eigenvalue weighted by molar-refractivity contribution is 6.11. The third-order valence-electron chi connectivity index (χ3n) is 4.26. The second-order valence-corrected chi connectivity index (χ2v) is 6.46. The number of hydrogen-bond acceptors (Lipinski definition) is 5. The third kappa shape index (κ3) is 2.55. The van der Waals surface area contributed by atoms with Gasteiger partial charge in [-0.1, -0.05) is 0 Å². The van der Waals surface area contributed by atoms with Gasteiger partial charge in [-0.25, -0.2) is 0 Å². The number of hydrogen-bond donors (Lipinski definition) is 2. The first-order valence-corrected chi connectivity index (χ1v) is 9.06. The molecule has 0 spiro atoms. The van der Waals surface area contributed by atoms with Crippen LogP contribution in [0.4, 0.5) is 0 Å². The van der Waals surface area contributed by atoms with E-state index in [2.05, 4.69) is 5.32 Å². The summed E-state index contributed by atoms with van der Waals surface area (Å²) in [6.07, 6.45) is 1.59. The fourth-order valence-electron chi connectivity index (χ4n) is 3.08. The normalized spacial score (nSPS) is 23.2. The lowest BCUT2D eigenvalue weighted by Crippen LogP contribution is -2.57. The van der Waals surface area contributed by atoms with E-state index in [0.29, 0.717) is 18.4 Å². The predicted molar refractivity (Wildman–Crippen MR) is 83.2 cm³/mol. The number of amides is 2. The molecule has 0 bridgehead atoms. The molecule has 122 valence electrons. The second-order valence-electron chi connectivity index (χ2n) is 5.76. The Labute approximate surface area is 140 Å². The van der Waals surface area contributed by atoms with Crippen LogP contribution >= 0.6 is 0 Å². The highest BCUT2D eigenvalue weighted by Crippen LogP contribution is 2.29. The lowest BCUT2D eigenvalue weighted by atomic mass is 10.1. The van der Waals surface area contributed by atoms with Crippen LogP contribution in [0.25, 0.3) is 0 Å². The predicted octanol–water partition coefficient (Wildman–Crippen LogP) is -1.53. The molecule has 1 unspecified atom stereocenters. The number of pyridine rings is 1. The lowest BCUT2D eigenvalue weighted by Gasteiger charge is -2.44. The van der Waals surface area contributed by atoms with Crippen molar-refractivity contribution in [3.05, 3.63) is 27.7 Å². The summed E-state index contributed by atoms with van der Waals surface area (Å²) >= 11 is 0.755. The minimum atomic E-state index is -0.818. The van der Waals surface area contributed by atoms with Crippen LogP contribution in [0.3, 0.4) is 0 Å². The van der Waals surface area contributed by atoms with Crippen molar-refractivity contribution in [1.29, 1.82) is 0 Å². The molecule has 0 saturated carbocycles. The van der Waals surface area contributed by atoms with E-state index in [4.69, 9.17) is 4.74 Å². The van der Waals surface area contributed by atoms with Gasteiger partial charge >= 0.3 is 0 Å². The van der Waals surface area contributed by atoms with Crippen molar-refractivity contribution >= 4 is 28.1 Å². The van der Waals surface area contributed by atoms with E-state index in [1.165, 1.54) is 10.8 Å². The molecule has 2 aliphatic heterocycles. The number of carbonyl (C=O) groups is 2. The largest absolute Gasteiger partial charge is 0.503 e. The molecule has 0 aliphatic carbocycles. The number of aromatic nitrogens is 1. The van der Waals surface area contributed by atoms with Crippen molar-refractivity contribution in [2.75, 3.05) is 12.0 Å². The molecule has 23 heavy (non-hydrogen) atoms. The SMILES string of the molecule is C[C@@H]1CCOC2Cn3cc(C(=O)N[CH2][AlH2])c(=O)c(O)c3C(=O)N21. The molecule has 1 fully saturated rings. The van der Waals surface area contributed by atoms with Crippen molar-refractivity contribution < 1.29 is 19.4 Å². The summed E-state index contributed by atoms with van der Waals surface area (Å²) in [6.45, 7) is 2.73. The molecule has 0 radical (unpaired) electrons. The number of ether oxygens (including phenoxy) is 1. The van der Waals surface area contributed by atoms with E-state index in [0.717, 1.165) is 16.3 Å². The number of aromatic hydroxyl groups is 1. The lowest BCUT2D eigenvalue weighted by molar-refractivity contribution is -0.112. The van der Waals surface area contributed by atoms with Crippen molar-refractivity contribution in [3.8, 4) is 5.75 Å². The van der Waals surface area contributed by atoms with E-state index in [-0.39, 0.29) is 23.8 Å². The number of fused-ring (bicyclic) bond motifs is 2. The Morgan fingerprint density at radius 2 is 2.26 bits per heavy atom. The average Bonchev–Trinajstić information content (AvgIpc) is 2.50. The quantitative estimate of drug-likeness (QED) is 0.639. The Kier molecular flexibility index (Phi) is 4.19. The topological polar surface area (TPSA) is 101 Å². The smallest absolute Gasteiger partial charge is 0.276 e. The van der Waals surface area contributed by atoms with E-state index < -0.39 is 29.2 Å². The van der Waals surface area contributed by atoms with Crippen molar-refractivity contribution in [1.82, 2.24) is 14.8 Å². The molecule has 1 aromatic heterocycles. The van der Waals surface area contributed by atoms with Gasteiger partial charge in [0.05, 0.1) is 13.2 Å². The summed E-state index contributed by atoms with van der Waals surface area (Å²) in [5, 5.41) is 13.3. The van der Waals surface area contributed by atoms with Gasteiger partial charge in [-0.3, -0.25) is 14.4 Å². The Bertz CT molecular complexity index is 732. The maximum absolute atomic E-state index is 12.7. The maximum atomic E-state index is 12.7. The summed E-state index contributed by atoms with van der Waals surface area (Å²) in [5.74, 6) is -1.66. The van der Waals surface area contributed by atoms with Gasteiger partial charge in [0.25, 0.3) is 11.8 Å². The van der Waals surface area contributed by atoms with Crippen LogP contribution in [-0.4, -0.2) is 67.0 Å². The molecule has 3 heterocycles. The maximum Gasteiger partial charge on any atom is 0.276 e. The van der Waals surface area contributed by atoms with Gasteiger partial charge in [-0.15, -0.1) is 0 Å². The summed E-state index contributed by atoms with van der Waals surface area (Å²) in [4.78, 5) is 38.4. The minimum absolute atomic E-state index is 0.0301. The van der Waals surface area contributed by atoms with E-state index in [1.807, 2.05) is 6.92 Å². The molecular formula is C14H18AlN3O5. The molecular weight excluding hydrogens is 317 g/mol. The van der Waals surface area contributed by atoms with Gasteiger partial charge in [0.1, 0.15) is 5.56 Å². The molecule has 3 rings (SSSR count). The first-order valence-electron chi connectivity index (χ1n) is 7.64. The van der Waals surface area contributed by atoms with E-state index in [1.54, 1.807) is 4.90 Å². The minimum Gasteiger partial charge on any atom is -0.503 e. The molecule has 9 heteroatoms. The summed E-state index contributed by atoms with van der Waals surface area (Å²) in [6, 6.07) is -0.0301. The number of carbonyl (C=O) groups excluding carboxylic acids is 2. The van der Waals surface area contributed by atoms with E-state index in [9.17, 15) is 19.5 Å². The van der Waals surface area contributed by atoms with Gasteiger partial charge < -0.3 is 24.6 Å². The second kappa shape index (κ2) is 6.00. The molecule has 2 aliphatic rings. The molecule has 1 saturated heterocycles. The number of nitrogens with zero attached hydrogens (tertiary/aromatic N) is 2. The standard InChI is InChI=1S/C14H16N3O5.Al.2H/c1-7-3-4-22-9-6-16-5-8(13(20)15-2)11(18)12(19)10(16)14(21)17(7)9;;;/h5,7,9,19H,2-4,6H2,1H3,(H,15,20);;;/t7-,9?;;;/m1.../s1. The summed E-state index contributed by atoms with van der Waals surface area (Å²) < 4.78 is 7.07.